The number of nitrogens with two attached hydrogens (primary N) is 1. The maximum Gasteiger partial charge on any atom is 0.490 e. The van der Waals surface area contributed by atoms with E-state index >= 15 is 0 Å². The van der Waals surface area contributed by atoms with Crippen LogP contribution in [0.4, 0.5) is 13.2 Å². The summed E-state index contributed by atoms with van der Waals surface area (Å²) in [5.41, 5.74) is 8.80. The normalized spacial score (nSPS) is 20.5. The molecule has 0 radical (unpaired) electrons. The number of carboxylic acids is 1. The monoisotopic (exact) mass is 414 g/mol. The summed E-state index contributed by atoms with van der Waals surface area (Å²) in [5, 5.41) is 18.2. The van der Waals surface area contributed by atoms with E-state index in [1.165, 1.54) is 5.56 Å². The molecule has 9 heteroatoms. The maximum atomic E-state index is 10.6. The lowest BCUT2D eigenvalue weighted by atomic mass is 9.69. The Balaban J connectivity index is 0.000000345. The Hall–Kier alpha value is -2.26. The Morgan fingerprint density at radius 2 is 1.93 bits per heavy atom. The standard InChI is InChI=1S/C17H20N2OS.C2HF3O2/c1-17(2)13-10-12(20)7-6-11(13)9-14(16(17)18)21-15-5-3-4-8-19-15;3-2(4,5)1(6)7/h3-8,10,14,16,20H,9,18H2,1-2H3;(H,6,7). The number of thioether (sulfide) groups is 1. The molecule has 2 aromatic rings. The summed E-state index contributed by atoms with van der Waals surface area (Å²) in [5.74, 6) is -2.45. The minimum absolute atomic E-state index is 0.0128. The van der Waals surface area contributed by atoms with Gasteiger partial charge in [-0.3, -0.25) is 0 Å². The lowest BCUT2D eigenvalue weighted by molar-refractivity contribution is -0.192. The third kappa shape index (κ3) is 5.17. The van der Waals surface area contributed by atoms with Crippen LogP contribution < -0.4 is 5.73 Å². The van der Waals surface area contributed by atoms with Gasteiger partial charge in [0.05, 0.1) is 5.03 Å². The number of aliphatic carboxylic acids is 1. The quantitative estimate of drug-likeness (QED) is 0.693. The molecule has 3 rings (SSSR count). The van der Waals surface area contributed by atoms with Crippen molar-refractivity contribution in [1.82, 2.24) is 4.98 Å². The molecule has 2 unspecified atom stereocenters. The van der Waals surface area contributed by atoms with Gasteiger partial charge in [0.25, 0.3) is 0 Å². The van der Waals surface area contributed by atoms with Gasteiger partial charge in [-0.25, -0.2) is 9.78 Å². The summed E-state index contributed by atoms with van der Waals surface area (Å²) in [6.45, 7) is 4.31. The third-order valence-corrected chi connectivity index (χ3v) is 5.84. The summed E-state index contributed by atoms with van der Waals surface area (Å²) in [6, 6.07) is 11.6. The van der Waals surface area contributed by atoms with E-state index in [0.29, 0.717) is 5.75 Å². The van der Waals surface area contributed by atoms with Gasteiger partial charge in [-0.1, -0.05) is 26.0 Å². The van der Waals surface area contributed by atoms with Crippen LogP contribution in [0.5, 0.6) is 5.75 Å². The van der Waals surface area contributed by atoms with Crippen molar-refractivity contribution in [3.63, 3.8) is 0 Å². The molecular weight excluding hydrogens is 393 g/mol. The van der Waals surface area contributed by atoms with Gasteiger partial charge >= 0.3 is 12.1 Å². The molecule has 2 atom stereocenters. The van der Waals surface area contributed by atoms with Gasteiger partial charge in [0.15, 0.2) is 0 Å². The molecule has 1 aliphatic carbocycles. The topological polar surface area (TPSA) is 96.4 Å². The van der Waals surface area contributed by atoms with Crippen molar-refractivity contribution in [3.8, 4) is 5.75 Å². The molecule has 5 nitrogen and oxygen atoms in total. The first-order valence-electron chi connectivity index (χ1n) is 8.38. The highest BCUT2D eigenvalue weighted by atomic mass is 32.2. The minimum Gasteiger partial charge on any atom is -0.508 e. The largest absolute Gasteiger partial charge is 0.508 e. The number of hydrogen-bond donors (Lipinski definition) is 3. The van der Waals surface area contributed by atoms with Crippen LogP contribution in [0.15, 0.2) is 47.6 Å². The SMILES string of the molecule is CC1(C)c2cc(O)ccc2CC(Sc2ccccn2)C1N.O=C(O)C(F)(F)F. The van der Waals surface area contributed by atoms with Gasteiger partial charge in [-0.2, -0.15) is 13.2 Å². The number of alkyl halides is 3. The molecule has 0 fully saturated rings. The van der Waals surface area contributed by atoms with Crippen molar-refractivity contribution in [2.45, 2.75) is 48.2 Å². The number of carbonyl (C=O) groups is 1. The number of fused-ring (bicyclic) bond motifs is 1. The second-order valence-electron chi connectivity index (χ2n) is 6.92. The summed E-state index contributed by atoms with van der Waals surface area (Å²) < 4.78 is 31.7. The van der Waals surface area contributed by atoms with Crippen molar-refractivity contribution >= 4 is 17.7 Å². The fourth-order valence-electron chi connectivity index (χ4n) is 3.02. The number of halogens is 3. The molecule has 1 aromatic heterocycles. The number of aromatic hydroxyl groups is 1. The van der Waals surface area contributed by atoms with Crippen molar-refractivity contribution < 1.29 is 28.2 Å². The molecule has 152 valence electrons. The van der Waals surface area contributed by atoms with Crippen LogP contribution >= 0.6 is 11.8 Å². The number of phenolic OH excluding ortho intramolecular Hbond substituents is 1. The fourth-order valence-corrected chi connectivity index (χ4v) is 4.36. The van der Waals surface area contributed by atoms with Gasteiger partial charge < -0.3 is 15.9 Å². The van der Waals surface area contributed by atoms with Crippen LogP contribution in [-0.4, -0.2) is 38.6 Å². The number of rotatable bonds is 2. The Kier molecular flexibility index (Phi) is 6.61. The minimum atomic E-state index is -5.08. The first-order chi connectivity index (χ1) is 12.9. The smallest absolute Gasteiger partial charge is 0.490 e. The Morgan fingerprint density at radius 1 is 1.29 bits per heavy atom. The van der Waals surface area contributed by atoms with E-state index in [0.717, 1.165) is 17.0 Å². The number of hydrogen-bond acceptors (Lipinski definition) is 5. The molecule has 4 N–H and O–H groups in total. The molecule has 0 saturated carbocycles. The van der Waals surface area contributed by atoms with Crippen molar-refractivity contribution in [1.29, 1.82) is 0 Å². The van der Waals surface area contributed by atoms with Crippen molar-refractivity contribution in [2.75, 3.05) is 0 Å². The predicted molar refractivity (Wildman–Crippen MR) is 100 cm³/mol. The van der Waals surface area contributed by atoms with Crippen LogP contribution in [0.2, 0.25) is 0 Å². The van der Waals surface area contributed by atoms with E-state index in [-0.39, 0.29) is 16.7 Å². The molecule has 28 heavy (non-hydrogen) atoms. The number of pyridine rings is 1. The second kappa shape index (κ2) is 8.40. The number of nitrogens with zero attached hydrogens (tertiary/aromatic N) is 1. The molecule has 1 aliphatic rings. The Bertz CT molecular complexity index is 829. The second-order valence-corrected chi connectivity index (χ2v) is 8.18. The zero-order valence-electron chi connectivity index (χ0n) is 15.3. The summed E-state index contributed by atoms with van der Waals surface area (Å²) >= 11 is 1.74. The third-order valence-electron chi connectivity index (χ3n) is 4.59. The van der Waals surface area contributed by atoms with E-state index in [1.54, 1.807) is 17.8 Å². The zero-order chi connectivity index (χ0) is 21.1. The summed E-state index contributed by atoms with van der Waals surface area (Å²) in [6.07, 6.45) is -2.37. The fraction of sp³-hybridized carbons (Fsp3) is 0.368. The zero-order valence-corrected chi connectivity index (χ0v) is 16.1. The van der Waals surface area contributed by atoms with Crippen molar-refractivity contribution in [3.05, 3.63) is 53.7 Å². The summed E-state index contributed by atoms with van der Waals surface area (Å²) in [4.78, 5) is 13.3. The van der Waals surface area contributed by atoms with Gasteiger partial charge in [-0.15, -0.1) is 11.8 Å². The Labute approximate surface area is 164 Å². The highest BCUT2D eigenvalue weighted by molar-refractivity contribution is 7.99. The van der Waals surface area contributed by atoms with Gasteiger partial charge in [0.2, 0.25) is 0 Å². The number of aromatic nitrogens is 1. The van der Waals surface area contributed by atoms with Crippen molar-refractivity contribution in [2.24, 2.45) is 5.73 Å². The van der Waals surface area contributed by atoms with Gasteiger partial charge in [0.1, 0.15) is 5.75 Å². The number of benzene rings is 1. The van der Waals surface area contributed by atoms with E-state index in [9.17, 15) is 18.3 Å². The van der Waals surface area contributed by atoms with E-state index in [4.69, 9.17) is 15.6 Å². The lowest BCUT2D eigenvalue weighted by Crippen LogP contribution is -2.52. The average molecular weight is 414 g/mol. The first-order valence-corrected chi connectivity index (χ1v) is 9.26. The van der Waals surface area contributed by atoms with Gasteiger partial charge in [0, 0.05) is 22.9 Å². The summed E-state index contributed by atoms with van der Waals surface area (Å²) in [7, 11) is 0. The maximum absolute atomic E-state index is 10.6. The highest BCUT2D eigenvalue weighted by Crippen LogP contribution is 2.42. The Morgan fingerprint density at radius 3 is 2.46 bits per heavy atom. The van der Waals surface area contributed by atoms with Crippen LogP contribution in [-0.2, 0) is 16.6 Å². The van der Waals surface area contributed by atoms with Crippen LogP contribution in [0.1, 0.15) is 25.0 Å². The molecule has 1 aromatic carbocycles. The lowest BCUT2D eigenvalue weighted by Gasteiger charge is -2.43. The number of carboxylic acid groups (broad SMARTS) is 1. The van der Waals surface area contributed by atoms with E-state index in [2.05, 4.69) is 18.8 Å². The molecule has 0 bridgehead atoms. The van der Waals surface area contributed by atoms with E-state index in [1.807, 2.05) is 36.5 Å². The molecule has 1 heterocycles. The van der Waals surface area contributed by atoms with Crippen LogP contribution in [0.3, 0.4) is 0 Å². The van der Waals surface area contributed by atoms with E-state index < -0.39 is 12.1 Å². The molecule has 0 spiro atoms. The van der Waals surface area contributed by atoms with Gasteiger partial charge in [-0.05, 0) is 41.8 Å². The molecule has 0 aliphatic heterocycles. The van der Waals surface area contributed by atoms with Crippen LogP contribution in [0.25, 0.3) is 0 Å². The first kappa shape index (κ1) is 22.0. The molecular formula is C19H21F3N2O3S. The molecule has 0 amide bonds. The average Bonchev–Trinajstić information content (AvgIpc) is 2.61. The number of phenols is 1. The molecule has 0 saturated heterocycles. The van der Waals surface area contributed by atoms with Crippen LogP contribution in [0, 0.1) is 0 Å². The highest BCUT2D eigenvalue weighted by Gasteiger charge is 2.41. The predicted octanol–water partition coefficient (Wildman–Crippen LogP) is 3.74.